The highest BCUT2D eigenvalue weighted by Crippen LogP contribution is 2.20. The summed E-state index contributed by atoms with van der Waals surface area (Å²) in [4.78, 5) is 26.6. The normalized spacial score (nSPS) is 11.0. The van der Waals surface area contributed by atoms with Gasteiger partial charge in [0.15, 0.2) is 0 Å². The van der Waals surface area contributed by atoms with Crippen molar-refractivity contribution in [2.75, 3.05) is 15.4 Å². The number of amides is 2. The third-order valence-corrected chi connectivity index (χ3v) is 5.97. The number of nitrogens with zero attached hydrogens (tertiary/aromatic N) is 2. The van der Waals surface area contributed by atoms with Gasteiger partial charge in [0.1, 0.15) is 5.82 Å². The van der Waals surface area contributed by atoms with E-state index in [-0.39, 0.29) is 16.4 Å². The van der Waals surface area contributed by atoms with Crippen LogP contribution < -0.4 is 15.4 Å². The lowest BCUT2D eigenvalue weighted by molar-refractivity contribution is -0.384. The van der Waals surface area contributed by atoms with Gasteiger partial charge < -0.3 is 10.6 Å². The van der Waals surface area contributed by atoms with E-state index in [4.69, 9.17) is 0 Å². The summed E-state index contributed by atoms with van der Waals surface area (Å²) in [5.74, 6) is 0.193. The van der Waals surface area contributed by atoms with E-state index < -0.39 is 21.0 Å². The number of pyridine rings is 1. The Morgan fingerprint density at radius 2 is 1.42 bits per heavy atom. The molecule has 4 aromatic rings. The van der Waals surface area contributed by atoms with Crippen LogP contribution in [0.25, 0.3) is 10.9 Å². The molecule has 33 heavy (non-hydrogen) atoms. The molecule has 0 aliphatic rings. The molecule has 0 radical (unpaired) electrons. The molecular formula is C22H17N5O5S. The summed E-state index contributed by atoms with van der Waals surface area (Å²) in [6.45, 7) is 0. The van der Waals surface area contributed by atoms with Crippen molar-refractivity contribution in [3.63, 3.8) is 0 Å². The number of benzene rings is 3. The summed E-state index contributed by atoms with van der Waals surface area (Å²) in [7, 11) is -3.88. The Morgan fingerprint density at radius 1 is 0.818 bits per heavy atom. The lowest BCUT2D eigenvalue weighted by Crippen LogP contribution is -2.19. The fourth-order valence-corrected chi connectivity index (χ4v) is 4.00. The van der Waals surface area contributed by atoms with Gasteiger partial charge in [0.2, 0.25) is 0 Å². The van der Waals surface area contributed by atoms with E-state index in [2.05, 4.69) is 20.3 Å². The van der Waals surface area contributed by atoms with Crippen molar-refractivity contribution >= 4 is 49.8 Å². The van der Waals surface area contributed by atoms with Gasteiger partial charge in [-0.25, -0.2) is 18.2 Å². The summed E-state index contributed by atoms with van der Waals surface area (Å²) in [5, 5.41) is 16.7. The second kappa shape index (κ2) is 8.93. The maximum absolute atomic E-state index is 12.7. The summed E-state index contributed by atoms with van der Waals surface area (Å²) in [6.07, 6.45) is 0. The minimum Gasteiger partial charge on any atom is -0.308 e. The van der Waals surface area contributed by atoms with Crippen LogP contribution in [0.15, 0.2) is 89.8 Å². The Labute approximate surface area is 188 Å². The first-order valence-electron chi connectivity index (χ1n) is 9.61. The Balaban J connectivity index is 1.41. The quantitative estimate of drug-likeness (QED) is 0.282. The van der Waals surface area contributed by atoms with Crippen molar-refractivity contribution in [1.82, 2.24) is 4.98 Å². The molecule has 0 unspecified atom stereocenters. The van der Waals surface area contributed by atoms with Gasteiger partial charge in [-0.15, -0.1) is 0 Å². The molecule has 11 heteroatoms. The van der Waals surface area contributed by atoms with E-state index in [0.717, 1.165) is 5.39 Å². The third-order valence-electron chi connectivity index (χ3n) is 4.60. The van der Waals surface area contributed by atoms with Crippen LogP contribution >= 0.6 is 0 Å². The number of carbonyl (C=O) groups is 1. The summed E-state index contributed by atoms with van der Waals surface area (Å²) in [5.41, 5.74) is 1.29. The van der Waals surface area contributed by atoms with E-state index in [9.17, 15) is 23.3 Å². The summed E-state index contributed by atoms with van der Waals surface area (Å²) in [6, 6.07) is 21.1. The maximum Gasteiger partial charge on any atom is 0.323 e. The fraction of sp³-hybridized carbons (Fsp3) is 0. The van der Waals surface area contributed by atoms with Crippen molar-refractivity contribution < 1.29 is 18.1 Å². The molecular weight excluding hydrogens is 446 g/mol. The number of non-ortho nitro benzene ring substituents is 1. The maximum atomic E-state index is 12.7. The number of hydrogen-bond acceptors (Lipinski definition) is 6. The number of sulfonamides is 1. The van der Waals surface area contributed by atoms with Gasteiger partial charge >= 0.3 is 6.03 Å². The molecule has 3 N–H and O–H groups in total. The molecule has 1 heterocycles. The van der Waals surface area contributed by atoms with Gasteiger partial charge in [0.05, 0.1) is 15.3 Å². The Bertz CT molecular complexity index is 1440. The van der Waals surface area contributed by atoms with Crippen LogP contribution in [0.5, 0.6) is 0 Å². The first-order chi connectivity index (χ1) is 15.8. The third kappa shape index (κ3) is 5.22. The van der Waals surface area contributed by atoms with Gasteiger partial charge in [0, 0.05) is 28.9 Å². The monoisotopic (exact) mass is 463 g/mol. The van der Waals surface area contributed by atoms with E-state index in [1.807, 2.05) is 18.2 Å². The standard InChI is InChI=1S/C22H17N5O5S/c28-22(23-16-6-10-18(11-7-16)27(29)30)24-17-8-12-19(13-9-17)33(31,32)26-21-14-5-15-3-1-2-4-20(15)25-21/h1-14H,(H,25,26)(H2,23,24,28). The van der Waals surface area contributed by atoms with Gasteiger partial charge in [-0.1, -0.05) is 18.2 Å². The molecule has 3 aromatic carbocycles. The molecule has 4 rings (SSSR count). The number of hydrogen-bond donors (Lipinski definition) is 3. The van der Waals surface area contributed by atoms with E-state index >= 15 is 0 Å². The smallest absolute Gasteiger partial charge is 0.308 e. The molecule has 0 aliphatic carbocycles. The second-order valence-electron chi connectivity index (χ2n) is 6.90. The molecule has 166 valence electrons. The average molecular weight is 463 g/mol. The van der Waals surface area contributed by atoms with Crippen LogP contribution in [0.2, 0.25) is 0 Å². The van der Waals surface area contributed by atoms with Crippen LogP contribution in [-0.4, -0.2) is 24.4 Å². The SMILES string of the molecule is O=C(Nc1ccc([N+](=O)[O-])cc1)Nc1ccc(S(=O)(=O)Nc2ccc3ccccc3n2)cc1. The van der Waals surface area contributed by atoms with Crippen molar-refractivity contribution in [3.05, 3.63) is 95.0 Å². The number of nitro benzene ring substituents is 1. The first kappa shape index (κ1) is 21.7. The fourth-order valence-electron chi connectivity index (χ4n) is 3.00. The highest BCUT2D eigenvalue weighted by Gasteiger charge is 2.15. The summed E-state index contributed by atoms with van der Waals surface area (Å²) >= 11 is 0. The molecule has 0 fully saturated rings. The number of para-hydroxylation sites is 1. The number of urea groups is 1. The van der Waals surface area contributed by atoms with Crippen molar-refractivity contribution in [1.29, 1.82) is 0 Å². The molecule has 0 saturated carbocycles. The van der Waals surface area contributed by atoms with Gasteiger partial charge in [-0.3, -0.25) is 14.8 Å². The molecule has 1 aromatic heterocycles. The second-order valence-corrected chi connectivity index (χ2v) is 8.58. The minimum atomic E-state index is -3.88. The van der Waals surface area contributed by atoms with Gasteiger partial charge in [0.25, 0.3) is 15.7 Å². The average Bonchev–Trinajstić information content (AvgIpc) is 2.79. The van der Waals surface area contributed by atoms with Crippen molar-refractivity contribution in [3.8, 4) is 0 Å². The molecule has 0 saturated heterocycles. The molecule has 0 bridgehead atoms. The van der Waals surface area contributed by atoms with E-state index in [0.29, 0.717) is 16.9 Å². The van der Waals surface area contributed by atoms with Gasteiger partial charge in [-0.05, 0) is 54.6 Å². The molecule has 0 atom stereocenters. The van der Waals surface area contributed by atoms with E-state index in [1.165, 1.54) is 48.5 Å². The van der Waals surface area contributed by atoms with Gasteiger partial charge in [-0.2, -0.15) is 0 Å². The topological polar surface area (TPSA) is 143 Å². The van der Waals surface area contributed by atoms with Crippen molar-refractivity contribution in [2.45, 2.75) is 4.90 Å². The first-order valence-corrected chi connectivity index (χ1v) is 11.1. The highest BCUT2D eigenvalue weighted by atomic mass is 32.2. The number of aromatic nitrogens is 1. The minimum absolute atomic E-state index is 0.00112. The predicted octanol–water partition coefficient (Wildman–Crippen LogP) is 4.59. The Hall–Kier alpha value is -4.51. The summed E-state index contributed by atoms with van der Waals surface area (Å²) < 4.78 is 27.8. The lowest BCUT2D eigenvalue weighted by atomic mass is 10.2. The zero-order valence-corrected chi connectivity index (χ0v) is 17.7. The number of anilines is 3. The zero-order chi connectivity index (χ0) is 23.4. The van der Waals surface area contributed by atoms with Crippen LogP contribution in [0, 0.1) is 10.1 Å². The van der Waals surface area contributed by atoms with Crippen LogP contribution in [-0.2, 0) is 10.0 Å². The molecule has 2 amide bonds. The lowest BCUT2D eigenvalue weighted by Gasteiger charge is -2.10. The predicted molar refractivity (Wildman–Crippen MR) is 125 cm³/mol. The number of carbonyl (C=O) groups excluding carboxylic acids is 1. The number of fused-ring (bicyclic) bond motifs is 1. The van der Waals surface area contributed by atoms with Crippen LogP contribution in [0.3, 0.4) is 0 Å². The van der Waals surface area contributed by atoms with Crippen LogP contribution in [0.1, 0.15) is 0 Å². The number of rotatable bonds is 6. The Kier molecular flexibility index (Phi) is 5.87. The Morgan fingerprint density at radius 3 is 2.06 bits per heavy atom. The van der Waals surface area contributed by atoms with Crippen molar-refractivity contribution in [2.24, 2.45) is 0 Å². The van der Waals surface area contributed by atoms with Crippen LogP contribution in [0.4, 0.5) is 27.7 Å². The molecule has 0 spiro atoms. The molecule has 0 aliphatic heterocycles. The number of nitrogens with one attached hydrogen (secondary N) is 3. The number of nitro groups is 1. The largest absolute Gasteiger partial charge is 0.323 e. The molecule has 10 nitrogen and oxygen atoms in total. The van der Waals surface area contributed by atoms with E-state index in [1.54, 1.807) is 18.2 Å². The zero-order valence-electron chi connectivity index (χ0n) is 16.9. The highest BCUT2D eigenvalue weighted by molar-refractivity contribution is 7.92.